The van der Waals surface area contributed by atoms with Crippen LogP contribution in [0.1, 0.15) is 6.23 Å². The maximum Gasteiger partial charge on any atom is 0.224 e. The number of alkyl halides is 1. The van der Waals surface area contributed by atoms with E-state index in [2.05, 4.69) is 20.9 Å². The lowest BCUT2D eigenvalue weighted by Gasteiger charge is -2.25. The number of hydrogen-bond donors (Lipinski definition) is 3. The lowest BCUT2D eigenvalue weighted by molar-refractivity contribution is -0.0485. The number of aliphatic hydroxyl groups is 2. The number of ether oxygens (including phenoxy) is 1. The fourth-order valence-electron chi connectivity index (χ4n) is 2.74. The minimum Gasteiger partial charge on any atom is -0.396 e. The largest absolute Gasteiger partial charge is 0.396 e. The summed E-state index contributed by atoms with van der Waals surface area (Å²) >= 11 is 5.38. The predicted octanol–water partition coefficient (Wildman–Crippen LogP) is -0.185. The van der Waals surface area contributed by atoms with Gasteiger partial charge in [0, 0.05) is 5.38 Å². The van der Waals surface area contributed by atoms with Crippen molar-refractivity contribution in [2.75, 3.05) is 18.9 Å². The summed E-state index contributed by atoms with van der Waals surface area (Å²) in [6.45, 7) is -1.06. The molecular formula is C13H13ClFN5O3. The van der Waals surface area contributed by atoms with Gasteiger partial charge in [-0.1, -0.05) is 0 Å². The molecule has 2 unspecified atom stereocenters. The van der Waals surface area contributed by atoms with Crippen LogP contribution in [0.4, 0.5) is 10.3 Å². The number of halogens is 2. The van der Waals surface area contributed by atoms with E-state index in [1.807, 2.05) is 5.38 Å². The van der Waals surface area contributed by atoms with Gasteiger partial charge in [0.2, 0.25) is 11.6 Å². The van der Waals surface area contributed by atoms with Crippen molar-refractivity contribution < 1.29 is 19.3 Å². The maximum absolute atomic E-state index is 15.5. The number of aromatic nitrogens is 4. The van der Waals surface area contributed by atoms with E-state index in [0.717, 1.165) is 0 Å². The molecule has 2 aromatic heterocycles. The Bertz CT molecular complexity index is 791. The van der Waals surface area contributed by atoms with Gasteiger partial charge in [0.1, 0.15) is 5.52 Å². The highest BCUT2D eigenvalue weighted by atomic mass is 35.5. The first kappa shape index (κ1) is 15.9. The second-order valence-electron chi connectivity index (χ2n) is 5.07. The van der Waals surface area contributed by atoms with Gasteiger partial charge < -0.3 is 20.7 Å². The van der Waals surface area contributed by atoms with E-state index in [9.17, 15) is 10.2 Å². The van der Waals surface area contributed by atoms with E-state index in [1.54, 1.807) is 0 Å². The van der Waals surface area contributed by atoms with Crippen LogP contribution in [-0.4, -0.2) is 54.7 Å². The average molecular weight is 342 g/mol. The van der Waals surface area contributed by atoms with Gasteiger partial charge in [-0.15, -0.1) is 0 Å². The second-order valence-corrected chi connectivity index (χ2v) is 5.26. The summed E-state index contributed by atoms with van der Waals surface area (Å²) in [4.78, 5) is 11.9. The highest BCUT2D eigenvalue weighted by molar-refractivity contribution is 6.30. The molecule has 10 heteroatoms. The highest BCUT2D eigenvalue weighted by Gasteiger charge is 2.58. The molecule has 4 N–H and O–H groups in total. The first-order chi connectivity index (χ1) is 11.0. The Hall–Kier alpha value is -1.99. The van der Waals surface area contributed by atoms with E-state index in [0.29, 0.717) is 5.52 Å². The summed E-state index contributed by atoms with van der Waals surface area (Å²) in [7, 11) is 0. The topological polar surface area (TPSA) is 119 Å². The van der Waals surface area contributed by atoms with Crippen molar-refractivity contribution >= 4 is 28.7 Å². The van der Waals surface area contributed by atoms with E-state index in [1.165, 1.54) is 17.1 Å². The smallest absolute Gasteiger partial charge is 0.224 e. The molecule has 1 fully saturated rings. The number of hydrogen-bond acceptors (Lipinski definition) is 7. The summed E-state index contributed by atoms with van der Waals surface area (Å²) < 4.78 is 22.3. The van der Waals surface area contributed by atoms with Gasteiger partial charge in [-0.05, 0) is 17.5 Å². The third-order valence-electron chi connectivity index (χ3n) is 3.85. The van der Waals surface area contributed by atoms with Crippen molar-refractivity contribution in [1.29, 1.82) is 0 Å². The Kier molecular flexibility index (Phi) is 4.08. The van der Waals surface area contributed by atoms with Gasteiger partial charge in [0.15, 0.2) is 11.9 Å². The molecule has 0 spiro atoms. The third-order valence-corrected chi connectivity index (χ3v) is 3.95. The molecule has 3 rings (SSSR count). The SMILES string of the molecule is Nc1ncc2ncn([C@@H]3O[C@H](CO)C(CO)C3(F)C#CCl)c2n1. The van der Waals surface area contributed by atoms with Crippen molar-refractivity contribution in [2.45, 2.75) is 18.0 Å². The molecule has 0 bridgehead atoms. The first-order valence-electron chi connectivity index (χ1n) is 6.69. The lowest BCUT2D eigenvalue weighted by atomic mass is 9.87. The molecule has 3 heterocycles. The number of nitrogens with zero attached hydrogens (tertiary/aromatic N) is 4. The fraction of sp³-hybridized carbons (Fsp3) is 0.462. The Morgan fingerprint density at radius 1 is 1.43 bits per heavy atom. The van der Waals surface area contributed by atoms with Crippen molar-refractivity contribution in [2.24, 2.45) is 5.92 Å². The minimum atomic E-state index is -2.34. The van der Waals surface area contributed by atoms with Crippen LogP contribution >= 0.6 is 11.6 Å². The first-order valence-corrected chi connectivity index (χ1v) is 7.07. The molecule has 23 heavy (non-hydrogen) atoms. The summed E-state index contributed by atoms with van der Waals surface area (Å²) in [5.74, 6) is 1.14. The quantitative estimate of drug-likeness (QED) is 0.662. The molecule has 0 saturated carbocycles. The number of nitrogen functional groups attached to an aromatic ring is 1. The van der Waals surface area contributed by atoms with Gasteiger partial charge >= 0.3 is 0 Å². The Balaban J connectivity index is 2.15. The van der Waals surface area contributed by atoms with E-state index >= 15 is 4.39 Å². The zero-order valence-corrected chi connectivity index (χ0v) is 12.5. The van der Waals surface area contributed by atoms with Gasteiger partial charge in [-0.2, -0.15) is 4.98 Å². The number of rotatable bonds is 3. The van der Waals surface area contributed by atoms with Crippen LogP contribution in [0.2, 0.25) is 0 Å². The molecule has 0 radical (unpaired) electrons. The molecule has 1 saturated heterocycles. The minimum absolute atomic E-state index is 0.0115. The molecule has 8 nitrogen and oxygen atoms in total. The molecular weight excluding hydrogens is 329 g/mol. The van der Waals surface area contributed by atoms with Gasteiger partial charge in [-0.25, -0.2) is 14.4 Å². The van der Waals surface area contributed by atoms with Crippen LogP contribution in [0.5, 0.6) is 0 Å². The summed E-state index contributed by atoms with van der Waals surface area (Å²) in [6.07, 6.45) is 0.442. The van der Waals surface area contributed by atoms with Crippen LogP contribution in [0, 0.1) is 17.2 Å². The molecule has 2 aromatic rings. The third kappa shape index (κ3) is 2.40. The van der Waals surface area contributed by atoms with Crippen LogP contribution in [0.15, 0.2) is 12.5 Å². The van der Waals surface area contributed by atoms with Crippen LogP contribution < -0.4 is 5.73 Å². The van der Waals surface area contributed by atoms with Crippen molar-refractivity contribution in [1.82, 2.24) is 19.5 Å². The van der Waals surface area contributed by atoms with E-state index in [4.69, 9.17) is 22.1 Å². The van der Waals surface area contributed by atoms with Gasteiger partial charge in [-0.3, -0.25) is 4.57 Å². The molecule has 1 aliphatic rings. The van der Waals surface area contributed by atoms with Crippen LogP contribution in [0.3, 0.4) is 0 Å². The van der Waals surface area contributed by atoms with E-state index < -0.39 is 37.1 Å². The zero-order valence-electron chi connectivity index (χ0n) is 11.7. The maximum atomic E-state index is 15.5. The number of aliphatic hydroxyl groups excluding tert-OH is 2. The van der Waals surface area contributed by atoms with Crippen LogP contribution in [-0.2, 0) is 4.74 Å². The monoisotopic (exact) mass is 341 g/mol. The molecule has 4 atom stereocenters. The van der Waals surface area contributed by atoms with Crippen LogP contribution in [0.25, 0.3) is 11.2 Å². The highest BCUT2D eigenvalue weighted by Crippen LogP contribution is 2.46. The van der Waals surface area contributed by atoms with E-state index in [-0.39, 0.29) is 11.6 Å². The standard InChI is InChI=1S/C13H13ClFN5O3/c14-2-1-13(15)7(4-21)9(5-22)23-11(13)20-6-18-8-3-17-12(16)19-10(8)20/h3,6-7,9,11,21-22H,4-5H2,(H2,16,17,19)/t7?,9-,11-,13?/m1/s1. The number of fused-ring (bicyclic) bond motifs is 1. The number of anilines is 1. The Labute approximate surface area is 135 Å². The predicted molar refractivity (Wildman–Crippen MR) is 78.8 cm³/mol. The fourth-order valence-corrected chi connectivity index (χ4v) is 2.88. The summed E-state index contributed by atoms with van der Waals surface area (Å²) in [5.41, 5.74) is 3.85. The zero-order chi connectivity index (χ0) is 16.6. The Morgan fingerprint density at radius 3 is 2.87 bits per heavy atom. The summed E-state index contributed by atoms with van der Waals surface area (Å²) in [6, 6.07) is 0. The van der Waals surface area contributed by atoms with Crippen molar-refractivity contribution in [3.8, 4) is 11.3 Å². The molecule has 0 aliphatic carbocycles. The average Bonchev–Trinajstić information content (AvgIpc) is 3.05. The summed E-state index contributed by atoms with van der Waals surface area (Å²) in [5, 5.41) is 20.9. The van der Waals surface area contributed by atoms with Gasteiger partial charge in [0.25, 0.3) is 0 Å². The normalized spacial score (nSPS) is 30.3. The molecule has 1 aliphatic heterocycles. The number of nitrogens with two attached hydrogens (primary N) is 1. The van der Waals surface area contributed by atoms with Gasteiger partial charge in [0.05, 0.1) is 37.8 Å². The Morgan fingerprint density at radius 2 is 2.22 bits per heavy atom. The van der Waals surface area contributed by atoms with Crippen molar-refractivity contribution in [3.05, 3.63) is 12.5 Å². The number of imidazole rings is 1. The molecule has 0 aromatic carbocycles. The molecule has 122 valence electrons. The lowest BCUT2D eigenvalue weighted by Crippen LogP contribution is -2.39. The second kappa shape index (κ2) is 5.90. The van der Waals surface area contributed by atoms with Crippen molar-refractivity contribution in [3.63, 3.8) is 0 Å². The molecule has 0 amide bonds.